The maximum Gasteiger partial charge on any atom is 0.220 e. The molecule has 1 amide bonds. The second kappa shape index (κ2) is 8.74. The third kappa shape index (κ3) is 6.42. The van der Waals surface area contributed by atoms with Crippen LogP contribution in [0.3, 0.4) is 0 Å². The molecule has 1 rings (SSSR count). The van der Waals surface area contributed by atoms with Gasteiger partial charge in [0.05, 0.1) is 24.7 Å². The van der Waals surface area contributed by atoms with Gasteiger partial charge in [0.2, 0.25) is 5.91 Å². The molecule has 3 N–H and O–H groups in total. The lowest BCUT2D eigenvalue weighted by molar-refractivity contribution is -0.118. The molecular formula is C13H19ClN2O3. The highest BCUT2D eigenvalue weighted by Gasteiger charge is 2.04. The lowest BCUT2D eigenvalue weighted by atomic mass is 10.2. The standard InChI is InChI=1S/C13H19ClN2O3/c1-18-7-5-16-9-10-2-3-12(11(14)8-10)19-6-4-13(15)17/h2-3,8,16H,4-7,9H2,1H3,(H2,15,17). The molecule has 0 aliphatic heterocycles. The summed E-state index contributed by atoms with van der Waals surface area (Å²) < 4.78 is 10.3. The molecule has 0 spiro atoms. The number of hydrogen-bond acceptors (Lipinski definition) is 4. The number of nitrogens with one attached hydrogen (secondary N) is 1. The summed E-state index contributed by atoms with van der Waals surface area (Å²) in [4.78, 5) is 10.6. The highest BCUT2D eigenvalue weighted by atomic mass is 35.5. The summed E-state index contributed by atoms with van der Waals surface area (Å²) in [5, 5.41) is 3.75. The third-order valence-electron chi connectivity index (χ3n) is 2.41. The maximum absolute atomic E-state index is 10.6. The van der Waals surface area contributed by atoms with E-state index in [4.69, 9.17) is 26.8 Å². The number of ether oxygens (including phenoxy) is 2. The van der Waals surface area contributed by atoms with E-state index in [1.807, 2.05) is 12.1 Å². The predicted octanol–water partition coefficient (Wildman–Crippen LogP) is 1.33. The number of hydrogen-bond donors (Lipinski definition) is 2. The van der Waals surface area contributed by atoms with Crippen LogP contribution in [0.5, 0.6) is 5.75 Å². The summed E-state index contributed by atoms with van der Waals surface area (Å²) in [6.07, 6.45) is 0.177. The van der Waals surface area contributed by atoms with Crippen LogP contribution in [-0.4, -0.2) is 32.8 Å². The van der Waals surface area contributed by atoms with Crippen molar-refractivity contribution in [2.75, 3.05) is 26.9 Å². The van der Waals surface area contributed by atoms with Gasteiger partial charge in [-0.1, -0.05) is 17.7 Å². The highest BCUT2D eigenvalue weighted by Crippen LogP contribution is 2.25. The fourth-order valence-corrected chi connectivity index (χ4v) is 1.70. The van der Waals surface area contributed by atoms with Gasteiger partial charge in [0.1, 0.15) is 5.75 Å². The molecule has 6 heteroatoms. The number of methoxy groups -OCH3 is 1. The Labute approximate surface area is 118 Å². The molecule has 1 aromatic rings. The second-order valence-corrected chi connectivity index (χ2v) is 4.41. The van der Waals surface area contributed by atoms with Crippen LogP contribution in [-0.2, 0) is 16.1 Å². The average molecular weight is 287 g/mol. The van der Waals surface area contributed by atoms with Gasteiger partial charge in [-0.2, -0.15) is 0 Å². The first-order chi connectivity index (χ1) is 9.13. The van der Waals surface area contributed by atoms with Gasteiger partial charge >= 0.3 is 0 Å². The molecule has 0 aliphatic carbocycles. The summed E-state index contributed by atoms with van der Waals surface area (Å²) in [6, 6.07) is 5.54. The Hall–Kier alpha value is -1.30. The molecule has 0 bridgehead atoms. The lowest BCUT2D eigenvalue weighted by Crippen LogP contribution is -2.18. The molecule has 0 aromatic heterocycles. The van der Waals surface area contributed by atoms with Gasteiger partial charge in [-0.15, -0.1) is 0 Å². The summed E-state index contributed by atoms with van der Waals surface area (Å²) in [5.74, 6) is 0.165. The first-order valence-corrected chi connectivity index (χ1v) is 6.40. The fourth-order valence-electron chi connectivity index (χ4n) is 1.44. The van der Waals surface area contributed by atoms with E-state index in [0.717, 1.165) is 12.1 Å². The van der Waals surface area contributed by atoms with Crippen molar-refractivity contribution in [3.05, 3.63) is 28.8 Å². The van der Waals surface area contributed by atoms with Gasteiger partial charge in [-0.25, -0.2) is 0 Å². The summed E-state index contributed by atoms with van der Waals surface area (Å²) in [6.45, 7) is 2.40. The molecule has 0 atom stereocenters. The maximum atomic E-state index is 10.6. The van der Waals surface area contributed by atoms with E-state index >= 15 is 0 Å². The number of benzene rings is 1. The smallest absolute Gasteiger partial charge is 0.220 e. The molecule has 106 valence electrons. The zero-order valence-corrected chi connectivity index (χ0v) is 11.7. The number of amides is 1. The molecular weight excluding hydrogens is 268 g/mol. The van der Waals surface area contributed by atoms with Crippen LogP contribution in [0.4, 0.5) is 0 Å². The Kier molecular flexibility index (Phi) is 7.25. The fraction of sp³-hybridized carbons (Fsp3) is 0.462. The van der Waals surface area contributed by atoms with E-state index in [1.165, 1.54) is 0 Å². The zero-order valence-electron chi connectivity index (χ0n) is 10.9. The summed E-state index contributed by atoms with van der Waals surface area (Å²) in [5.41, 5.74) is 6.09. The Morgan fingerprint density at radius 3 is 2.84 bits per heavy atom. The molecule has 0 heterocycles. The van der Waals surface area contributed by atoms with Gasteiger partial charge in [0.25, 0.3) is 0 Å². The normalized spacial score (nSPS) is 10.4. The van der Waals surface area contributed by atoms with Crippen LogP contribution in [0.1, 0.15) is 12.0 Å². The van der Waals surface area contributed by atoms with Crippen molar-refractivity contribution in [3.63, 3.8) is 0 Å². The van der Waals surface area contributed by atoms with Crippen molar-refractivity contribution in [1.82, 2.24) is 5.32 Å². The van der Waals surface area contributed by atoms with E-state index in [9.17, 15) is 4.79 Å². The minimum absolute atomic E-state index is 0.177. The second-order valence-electron chi connectivity index (χ2n) is 4.00. The topological polar surface area (TPSA) is 73.6 Å². The first-order valence-electron chi connectivity index (χ1n) is 6.02. The molecule has 0 unspecified atom stereocenters. The molecule has 1 aromatic carbocycles. The van der Waals surface area contributed by atoms with Gasteiger partial charge < -0.3 is 20.5 Å². The molecule has 0 saturated heterocycles. The number of halogens is 1. The Morgan fingerprint density at radius 2 is 2.21 bits per heavy atom. The summed E-state index contributed by atoms with van der Waals surface area (Å²) in [7, 11) is 1.66. The van der Waals surface area contributed by atoms with Crippen LogP contribution < -0.4 is 15.8 Å². The van der Waals surface area contributed by atoms with E-state index < -0.39 is 5.91 Å². The van der Waals surface area contributed by atoms with Crippen LogP contribution in [0.25, 0.3) is 0 Å². The van der Waals surface area contributed by atoms with Gasteiger partial charge in [-0.05, 0) is 17.7 Å². The van der Waals surface area contributed by atoms with Crippen molar-refractivity contribution < 1.29 is 14.3 Å². The van der Waals surface area contributed by atoms with E-state index in [0.29, 0.717) is 23.9 Å². The van der Waals surface area contributed by atoms with E-state index in [2.05, 4.69) is 5.32 Å². The molecule has 19 heavy (non-hydrogen) atoms. The largest absolute Gasteiger partial charge is 0.491 e. The first kappa shape index (κ1) is 15.8. The van der Waals surface area contributed by atoms with Crippen LogP contribution in [0, 0.1) is 0 Å². The number of carbonyl (C=O) groups is 1. The quantitative estimate of drug-likeness (QED) is 0.672. The third-order valence-corrected chi connectivity index (χ3v) is 2.71. The molecule has 0 saturated carbocycles. The number of nitrogens with two attached hydrogens (primary N) is 1. The van der Waals surface area contributed by atoms with Crippen LogP contribution in [0.15, 0.2) is 18.2 Å². The van der Waals surface area contributed by atoms with Crippen LogP contribution in [0.2, 0.25) is 5.02 Å². The van der Waals surface area contributed by atoms with Crippen LogP contribution >= 0.6 is 11.6 Å². The minimum atomic E-state index is -0.393. The number of primary amides is 1. The molecule has 5 nitrogen and oxygen atoms in total. The van der Waals surface area contributed by atoms with Gasteiger partial charge in [0, 0.05) is 20.2 Å². The Bertz CT molecular complexity index is 413. The van der Waals surface area contributed by atoms with Gasteiger partial charge in [0.15, 0.2) is 0 Å². The van der Waals surface area contributed by atoms with Crippen molar-refractivity contribution >= 4 is 17.5 Å². The zero-order chi connectivity index (χ0) is 14.1. The SMILES string of the molecule is COCCNCc1ccc(OCCC(N)=O)c(Cl)c1. The van der Waals surface area contributed by atoms with E-state index in [-0.39, 0.29) is 13.0 Å². The predicted molar refractivity (Wildman–Crippen MR) is 74.3 cm³/mol. The van der Waals surface area contributed by atoms with Crippen molar-refractivity contribution in [2.45, 2.75) is 13.0 Å². The van der Waals surface area contributed by atoms with Gasteiger partial charge in [-0.3, -0.25) is 4.79 Å². The summed E-state index contributed by atoms with van der Waals surface area (Å²) >= 11 is 6.09. The lowest BCUT2D eigenvalue weighted by Gasteiger charge is -2.09. The van der Waals surface area contributed by atoms with Crippen molar-refractivity contribution in [1.29, 1.82) is 0 Å². The average Bonchev–Trinajstić information content (AvgIpc) is 2.37. The Morgan fingerprint density at radius 1 is 1.42 bits per heavy atom. The number of rotatable bonds is 9. The molecule has 0 aliphatic rings. The Balaban J connectivity index is 2.42. The minimum Gasteiger partial charge on any atom is -0.491 e. The van der Waals surface area contributed by atoms with Crippen molar-refractivity contribution in [2.24, 2.45) is 5.73 Å². The highest BCUT2D eigenvalue weighted by molar-refractivity contribution is 6.32. The number of carbonyl (C=O) groups excluding carboxylic acids is 1. The van der Waals surface area contributed by atoms with Crippen molar-refractivity contribution in [3.8, 4) is 5.75 Å². The molecule has 0 fully saturated rings. The molecule has 0 radical (unpaired) electrons. The van der Waals surface area contributed by atoms with E-state index in [1.54, 1.807) is 13.2 Å². The monoisotopic (exact) mass is 286 g/mol.